The summed E-state index contributed by atoms with van der Waals surface area (Å²) >= 11 is 0. The molecule has 1 aromatic rings. The number of amides is 2. The summed E-state index contributed by atoms with van der Waals surface area (Å²) in [6.45, 7) is 6.89. The van der Waals surface area contributed by atoms with Crippen molar-refractivity contribution < 1.29 is 9.59 Å². The van der Waals surface area contributed by atoms with Gasteiger partial charge in [-0.25, -0.2) is 0 Å². The predicted molar refractivity (Wildman–Crippen MR) is 86.6 cm³/mol. The van der Waals surface area contributed by atoms with Gasteiger partial charge in [-0.15, -0.1) is 0 Å². The molecule has 1 N–H and O–H groups in total. The van der Waals surface area contributed by atoms with E-state index in [0.717, 1.165) is 44.3 Å². The molecule has 0 spiro atoms. The van der Waals surface area contributed by atoms with E-state index < -0.39 is 5.54 Å². The molecule has 6 nitrogen and oxygen atoms in total. The first-order valence-corrected chi connectivity index (χ1v) is 8.49. The molecule has 1 saturated carbocycles. The lowest BCUT2D eigenvalue weighted by atomic mass is 9.93. The number of aromatic nitrogens is 2. The second kappa shape index (κ2) is 5.98. The standard InChI is InChI=1S/C17H26N4O2/c1-12-9-18-20(10-12)11-15-5-4-8-21(15)16(23)17(3,14-6-7-14)19-13(2)22/h9-10,14-15H,4-8,11H2,1-3H3,(H,19,22)/t15-,17+/m1/s1. The Bertz CT molecular complexity index is 607. The maximum atomic E-state index is 13.2. The number of carbonyl (C=O) groups excluding carboxylic acids is 2. The van der Waals surface area contributed by atoms with Crippen molar-refractivity contribution in [3.63, 3.8) is 0 Å². The Morgan fingerprint density at radius 1 is 1.39 bits per heavy atom. The van der Waals surface area contributed by atoms with E-state index in [1.807, 2.05) is 35.8 Å². The molecular formula is C17H26N4O2. The molecule has 1 aliphatic heterocycles. The van der Waals surface area contributed by atoms with Gasteiger partial charge in [-0.05, 0) is 51.0 Å². The highest BCUT2D eigenvalue weighted by Gasteiger charge is 2.51. The van der Waals surface area contributed by atoms with E-state index in [2.05, 4.69) is 10.4 Å². The number of nitrogens with one attached hydrogen (secondary N) is 1. The molecular weight excluding hydrogens is 292 g/mol. The molecule has 3 rings (SSSR count). The summed E-state index contributed by atoms with van der Waals surface area (Å²) in [5.41, 5.74) is 0.371. The summed E-state index contributed by atoms with van der Waals surface area (Å²) in [7, 11) is 0. The first-order valence-electron chi connectivity index (χ1n) is 8.49. The third kappa shape index (κ3) is 3.26. The van der Waals surface area contributed by atoms with Crippen molar-refractivity contribution in [2.75, 3.05) is 6.54 Å². The van der Waals surface area contributed by atoms with E-state index in [9.17, 15) is 9.59 Å². The first kappa shape index (κ1) is 16.0. The fourth-order valence-electron chi connectivity index (χ4n) is 3.73. The number of hydrogen-bond acceptors (Lipinski definition) is 3. The number of carbonyl (C=O) groups is 2. The SMILES string of the molecule is CC(=O)N[C@](C)(C(=O)N1CCC[C@@H]1Cn1cc(C)cn1)C1CC1. The Kier molecular flexibility index (Phi) is 4.17. The minimum absolute atomic E-state index is 0.0709. The molecule has 2 fully saturated rings. The van der Waals surface area contributed by atoms with Crippen LogP contribution >= 0.6 is 0 Å². The van der Waals surface area contributed by atoms with E-state index in [1.165, 1.54) is 6.92 Å². The monoisotopic (exact) mass is 318 g/mol. The Morgan fingerprint density at radius 3 is 2.70 bits per heavy atom. The second-order valence-electron chi connectivity index (χ2n) is 7.19. The largest absolute Gasteiger partial charge is 0.342 e. The van der Waals surface area contributed by atoms with Gasteiger partial charge in [0.1, 0.15) is 5.54 Å². The number of nitrogens with zero attached hydrogens (tertiary/aromatic N) is 3. The summed E-state index contributed by atoms with van der Waals surface area (Å²) in [5, 5.41) is 7.27. The van der Waals surface area contributed by atoms with E-state index in [-0.39, 0.29) is 23.8 Å². The van der Waals surface area contributed by atoms with E-state index in [1.54, 1.807) is 0 Å². The number of aryl methyl sites for hydroxylation is 1. The lowest BCUT2D eigenvalue weighted by Crippen LogP contribution is -2.60. The van der Waals surface area contributed by atoms with Crippen molar-refractivity contribution in [2.45, 2.75) is 64.6 Å². The zero-order valence-corrected chi connectivity index (χ0v) is 14.2. The predicted octanol–water partition coefficient (Wildman–Crippen LogP) is 1.49. The normalized spacial score (nSPS) is 23.6. The first-order chi connectivity index (χ1) is 10.9. The maximum Gasteiger partial charge on any atom is 0.248 e. The highest BCUT2D eigenvalue weighted by atomic mass is 16.2. The molecule has 0 radical (unpaired) electrons. The number of rotatable bonds is 5. The fraction of sp³-hybridized carbons (Fsp3) is 0.706. The topological polar surface area (TPSA) is 67.2 Å². The highest BCUT2D eigenvalue weighted by Crippen LogP contribution is 2.41. The molecule has 0 unspecified atom stereocenters. The molecule has 1 aliphatic carbocycles. The molecule has 1 saturated heterocycles. The third-order valence-corrected chi connectivity index (χ3v) is 5.07. The van der Waals surface area contributed by atoms with Crippen molar-refractivity contribution in [3.8, 4) is 0 Å². The second-order valence-corrected chi connectivity index (χ2v) is 7.19. The molecule has 2 heterocycles. The van der Waals surface area contributed by atoms with Gasteiger partial charge in [0.25, 0.3) is 0 Å². The zero-order valence-electron chi connectivity index (χ0n) is 14.2. The molecule has 2 aliphatic rings. The Hall–Kier alpha value is -1.85. The average Bonchev–Trinajstić information content (AvgIpc) is 3.13. The molecule has 1 aromatic heterocycles. The number of likely N-dealkylation sites (tertiary alicyclic amines) is 1. The van der Waals surface area contributed by atoms with Crippen LogP contribution in [0.3, 0.4) is 0 Å². The van der Waals surface area contributed by atoms with Crippen LogP contribution in [0.1, 0.15) is 45.1 Å². The fourth-order valence-corrected chi connectivity index (χ4v) is 3.73. The van der Waals surface area contributed by atoms with Gasteiger partial charge >= 0.3 is 0 Å². The minimum atomic E-state index is -0.755. The summed E-state index contributed by atoms with van der Waals surface area (Å²) in [5.74, 6) is 0.208. The Labute approximate surface area is 137 Å². The van der Waals surface area contributed by atoms with E-state index in [0.29, 0.717) is 0 Å². The van der Waals surface area contributed by atoms with Crippen molar-refractivity contribution in [2.24, 2.45) is 5.92 Å². The molecule has 6 heteroatoms. The summed E-state index contributed by atoms with van der Waals surface area (Å²) in [6, 6.07) is 0.161. The molecule has 0 aromatic carbocycles. The van der Waals surface area contributed by atoms with Crippen LogP contribution in [0.2, 0.25) is 0 Å². The molecule has 0 bridgehead atoms. The van der Waals surface area contributed by atoms with Crippen LogP contribution < -0.4 is 5.32 Å². The minimum Gasteiger partial charge on any atom is -0.342 e. The molecule has 2 amide bonds. The molecule has 2 atom stereocenters. The van der Waals surface area contributed by atoms with Crippen molar-refractivity contribution in [1.82, 2.24) is 20.0 Å². The van der Waals surface area contributed by atoms with Crippen molar-refractivity contribution in [3.05, 3.63) is 18.0 Å². The van der Waals surface area contributed by atoms with Crippen LogP contribution in [0.25, 0.3) is 0 Å². The van der Waals surface area contributed by atoms with Gasteiger partial charge in [0.2, 0.25) is 11.8 Å². The van der Waals surface area contributed by atoms with Crippen LogP contribution in [-0.4, -0.2) is 44.6 Å². The Balaban J connectivity index is 1.75. The third-order valence-electron chi connectivity index (χ3n) is 5.07. The number of hydrogen-bond donors (Lipinski definition) is 1. The van der Waals surface area contributed by atoms with Crippen LogP contribution in [0.4, 0.5) is 0 Å². The van der Waals surface area contributed by atoms with Gasteiger partial charge in [-0.1, -0.05) is 0 Å². The maximum absolute atomic E-state index is 13.2. The lowest BCUT2D eigenvalue weighted by molar-refractivity contribution is -0.142. The van der Waals surface area contributed by atoms with Crippen LogP contribution in [0.15, 0.2) is 12.4 Å². The zero-order chi connectivity index (χ0) is 16.6. The average molecular weight is 318 g/mol. The van der Waals surface area contributed by atoms with E-state index >= 15 is 0 Å². The van der Waals surface area contributed by atoms with Crippen molar-refractivity contribution >= 4 is 11.8 Å². The summed E-state index contributed by atoms with van der Waals surface area (Å²) < 4.78 is 1.92. The van der Waals surface area contributed by atoms with Gasteiger partial charge in [-0.2, -0.15) is 5.10 Å². The van der Waals surface area contributed by atoms with Gasteiger partial charge in [0.15, 0.2) is 0 Å². The van der Waals surface area contributed by atoms with E-state index in [4.69, 9.17) is 0 Å². The van der Waals surface area contributed by atoms with Gasteiger partial charge in [0, 0.05) is 19.7 Å². The van der Waals surface area contributed by atoms with Crippen LogP contribution in [0.5, 0.6) is 0 Å². The highest BCUT2D eigenvalue weighted by molar-refractivity contribution is 5.91. The summed E-state index contributed by atoms with van der Waals surface area (Å²) in [4.78, 5) is 26.7. The Morgan fingerprint density at radius 2 is 2.13 bits per heavy atom. The van der Waals surface area contributed by atoms with Gasteiger partial charge in [-0.3, -0.25) is 14.3 Å². The van der Waals surface area contributed by atoms with Gasteiger partial charge < -0.3 is 10.2 Å². The molecule has 126 valence electrons. The quantitative estimate of drug-likeness (QED) is 0.894. The van der Waals surface area contributed by atoms with Gasteiger partial charge in [0.05, 0.1) is 18.8 Å². The van der Waals surface area contributed by atoms with Crippen LogP contribution in [0, 0.1) is 12.8 Å². The molecule has 23 heavy (non-hydrogen) atoms. The lowest BCUT2D eigenvalue weighted by Gasteiger charge is -2.36. The van der Waals surface area contributed by atoms with Crippen LogP contribution in [-0.2, 0) is 16.1 Å². The van der Waals surface area contributed by atoms with Crippen molar-refractivity contribution in [1.29, 1.82) is 0 Å². The smallest absolute Gasteiger partial charge is 0.248 e. The summed E-state index contributed by atoms with van der Waals surface area (Å²) in [6.07, 6.45) is 7.88.